The van der Waals surface area contributed by atoms with Gasteiger partial charge in [-0.05, 0) is 41.5 Å². The van der Waals surface area contributed by atoms with Crippen LogP contribution in [0.15, 0.2) is 66.7 Å². The van der Waals surface area contributed by atoms with E-state index in [4.69, 9.17) is 0 Å². The van der Waals surface area contributed by atoms with E-state index in [9.17, 15) is 0 Å². The zero-order chi connectivity index (χ0) is 16.0. The molecule has 2 nitrogen and oxygen atoms in total. The number of aromatic nitrogens is 1. The third-order valence-electron chi connectivity index (χ3n) is 4.61. The molecular weight excluding hydrogens is 280 g/mol. The Hall–Kier alpha value is -2.74. The Morgan fingerprint density at radius 1 is 0.696 bits per heavy atom. The van der Waals surface area contributed by atoms with Gasteiger partial charge in [-0.3, -0.25) is 0 Å². The van der Waals surface area contributed by atoms with Gasteiger partial charge in [0.25, 0.3) is 0 Å². The lowest BCUT2D eigenvalue weighted by molar-refractivity contribution is 1.01. The SMILES string of the molecule is CN(C)c1cccc(-c2ccc3c(c2)c2ccccc2n3C)c1. The van der Waals surface area contributed by atoms with Crippen molar-refractivity contribution in [1.29, 1.82) is 0 Å². The molecule has 0 atom stereocenters. The normalized spacial score (nSPS) is 11.3. The van der Waals surface area contributed by atoms with Crippen molar-refractivity contribution in [1.82, 2.24) is 4.57 Å². The minimum Gasteiger partial charge on any atom is -0.378 e. The van der Waals surface area contributed by atoms with Crippen LogP contribution in [0.2, 0.25) is 0 Å². The topological polar surface area (TPSA) is 8.17 Å². The number of benzene rings is 3. The first kappa shape index (κ1) is 13.9. The molecule has 0 saturated carbocycles. The summed E-state index contributed by atoms with van der Waals surface area (Å²) in [5.74, 6) is 0. The van der Waals surface area contributed by atoms with Gasteiger partial charge in [0.05, 0.1) is 0 Å². The van der Waals surface area contributed by atoms with Gasteiger partial charge in [0, 0.05) is 48.6 Å². The van der Waals surface area contributed by atoms with Crippen molar-refractivity contribution in [3.8, 4) is 11.1 Å². The third kappa shape index (κ3) is 2.18. The van der Waals surface area contributed by atoms with E-state index in [1.165, 1.54) is 38.6 Å². The molecule has 0 saturated heterocycles. The van der Waals surface area contributed by atoms with Crippen LogP contribution in [0.3, 0.4) is 0 Å². The molecule has 0 spiro atoms. The van der Waals surface area contributed by atoms with Crippen LogP contribution in [-0.4, -0.2) is 18.7 Å². The summed E-state index contributed by atoms with van der Waals surface area (Å²) in [5, 5.41) is 2.63. The summed E-state index contributed by atoms with van der Waals surface area (Å²) in [5.41, 5.74) is 6.30. The van der Waals surface area contributed by atoms with Crippen LogP contribution in [0, 0.1) is 0 Å². The van der Waals surface area contributed by atoms with Crippen molar-refractivity contribution in [3.63, 3.8) is 0 Å². The Labute approximate surface area is 136 Å². The van der Waals surface area contributed by atoms with E-state index in [2.05, 4.69) is 97.3 Å². The number of aryl methyl sites for hydroxylation is 1. The number of nitrogens with zero attached hydrogens (tertiary/aromatic N) is 2. The molecule has 0 N–H and O–H groups in total. The van der Waals surface area contributed by atoms with E-state index >= 15 is 0 Å². The zero-order valence-electron chi connectivity index (χ0n) is 13.7. The lowest BCUT2D eigenvalue weighted by atomic mass is 10.0. The lowest BCUT2D eigenvalue weighted by Crippen LogP contribution is -2.08. The van der Waals surface area contributed by atoms with Crippen molar-refractivity contribution >= 4 is 27.5 Å². The lowest BCUT2D eigenvalue weighted by Gasteiger charge is -2.13. The monoisotopic (exact) mass is 300 g/mol. The highest BCUT2D eigenvalue weighted by Gasteiger charge is 2.09. The molecule has 114 valence electrons. The van der Waals surface area contributed by atoms with Gasteiger partial charge >= 0.3 is 0 Å². The Kier molecular flexibility index (Phi) is 3.12. The Bertz CT molecular complexity index is 1010. The van der Waals surface area contributed by atoms with Gasteiger partial charge in [-0.15, -0.1) is 0 Å². The molecule has 0 unspecified atom stereocenters. The molecule has 4 rings (SSSR count). The number of hydrogen-bond acceptors (Lipinski definition) is 1. The molecule has 0 fully saturated rings. The maximum atomic E-state index is 2.31. The van der Waals surface area contributed by atoms with Gasteiger partial charge in [0.1, 0.15) is 0 Å². The molecule has 3 aromatic carbocycles. The molecule has 0 radical (unpaired) electrons. The maximum Gasteiger partial charge on any atom is 0.0489 e. The maximum absolute atomic E-state index is 2.31. The largest absolute Gasteiger partial charge is 0.378 e. The van der Waals surface area contributed by atoms with Gasteiger partial charge in [-0.25, -0.2) is 0 Å². The Morgan fingerprint density at radius 3 is 2.26 bits per heavy atom. The summed E-state index contributed by atoms with van der Waals surface area (Å²) in [6.07, 6.45) is 0. The van der Waals surface area contributed by atoms with Crippen LogP contribution in [0.4, 0.5) is 5.69 Å². The van der Waals surface area contributed by atoms with Gasteiger partial charge in [0.2, 0.25) is 0 Å². The minimum atomic E-state index is 1.22. The van der Waals surface area contributed by atoms with E-state index in [1.54, 1.807) is 0 Å². The average molecular weight is 300 g/mol. The fourth-order valence-corrected chi connectivity index (χ4v) is 3.31. The van der Waals surface area contributed by atoms with E-state index < -0.39 is 0 Å². The quantitative estimate of drug-likeness (QED) is 0.502. The summed E-state index contributed by atoms with van der Waals surface area (Å²) in [4.78, 5) is 2.14. The second kappa shape index (κ2) is 5.17. The van der Waals surface area contributed by atoms with Crippen LogP contribution < -0.4 is 4.90 Å². The number of para-hydroxylation sites is 1. The second-order valence-corrected chi connectivity index (χ2v) is 6.25. The first-order valence-electron chi connectivity index (χ1n) is 7.90. The fraction of sp³-hybridized carbons (Fsp3) is 0.143. The van der Waals surface area contributed by atoms with Gasteiger partial charge in [-0.1, -0.05) is 36.4 Å². The number of anilines is 1. The summed E-state index contributed by atoms with van der Waals surface area (Å²) >= 11 is 0. The zero-order valence-corrected chi connectivity index (χ0v) is 13.7. The molecule has 2 heteroatoms. The summed E-state index contributed by atoms with van der Waals surface area (Å²) in [6, 6.07) is 24.0. The van der Waals surface area contributed by atoms with Crippen molar-refractivity contribution in [2.24, 2.45) is 7.05 Å². The molecule has 1 heterocycles. The van der Waals surface area contributed by atoms with Crippen molar-refractivity contribution in [2.75, 3.05) is 19.0 Å². The van der Waals surface area contributed by atoms with E-state index in [-0.39, 0.29) is 0 Å². The Balaban J connectivity index is 1.96. The molecule has 1 aromatic heterocycles. The van der Waals surface area contributed by atoms with Gasteiger partial charge in [0.15, 0.2) is 0 Å². The van der Waals surface area contributed by atoms with E-state index in [0.717, 1.165) is 0 Å². The predicted molar refractivity (Wildman–Crippen MR) is 100 cm³/mol. The summed E-state index contributed by atoms with van der Waals surface area (Å²) in [6.45, 7) is 0. The molecule has 4 aromatic rings. The number of fused-ring (bicyclic) bond motifs is 3. The van der Waals surface area contributed by atoms with Crippen molar-refractivity contribution < 1.29 is 0 Å². The van der Waals surface area contributed by atoms with Crippen LogP contribution in [-0.2, 0) is 7.05 Å². The smallest absolute Gasteiger partial charge is 0.0489 e. The molecule has 0 bridgehead atoms. The average Bonchev–Trinajstić information content (AvgIpc) is 2.88. The Morgan fingerprint density at radius 2 is 1.43 bits per heavy atom. The molecule has 0 aliphatic heterocycles. The highest BCUT2D eigenvalue weighted by molar-refractivity contribution is 6.09. The summed E-state index contributed by atoms with van der Waals surface area (Å²) < 4.78 is 2.27. The van der Waals surface area contributed by atoms with Crippen molar-refractivity contribution in [2.45, 2.75) is 0 Å². The first-order chi connectivity index (χ1) is 11.1. The molecule has 23 heavy (non-hydrogen) atoms. The molecule has 0 amide bonds. The van der Waals surface area contributed by atoms with Crippen molar-refractivity contribution in [3.05, 3.63) is 66.7 Å². The number of rotatable bonds is 2. The van der Waals surface area contributed by atoms with Crippen LogP contribution in [0.1, 0.15) is 0 Å². The summed E-state index contributed by atoms with van der Waals surface area (Å²) in [7, 11) is 6.29. The van der Waals surface area contributed by atoms with Crippen LogP contribution >= 0.6 is 0 Å². The molecular formula is C21H20N2. The van der Waals surface area contributed by atoms with Gasteiger partial charge < -0.3 is 9.47 Å². The highest BCUT2D eigenvalue weighted by atomic mass is 15.1. The number of hydrogen-bond donors (Lipinski definition) is 0. The predicted octanol–water partition coefficient (Wildman–Crippen LogP) is 5.06. The van der Waals surface area contributed by atoms with E-state index in [0.29, 0.717) is 0 Å². The highest BCUT2D eigenvalue weighted by Crippen LogP contribution is 2.32. The third-order valence-corrected chi connectivity index (χ3v) is 4.61. The van der Waals surface area contributed by atoms with Gasteiger partial charge in [-0.2, -0.15) is 0 Å². The molecule has 0 aliphatic rings. The molecule has 0 aliphatic carbocycles. The fourth-order valence-electron chi connectivity index (χ4n) is 3.31. The first-order valence-corrected chi connectivity index (χ1v) is 7.90. The minimum absolute atomic E-state index is 1.22. The standard InChI is InChI=1S/C21H20N2/c1-22(2)17-8-6-7-15(13-17)16-11-12-21-19(14-16)18-9-4-5-10-20(18)23(21)3/h4-14H,1-3H3. The second-order valence-electron chi connectivity index (χ2n) is 6.25. The van der Waals surface area contributed by atoms with E-state index in [1.807, 2.05) is 0 Å². The van der Waals surface area contributed by atoms with Crippen LogP contribution in [0.25, 0.3) is 32.9 Å². The van der Waals surface area contributed by atoms with Crippen LogP contribution in [0.5, 0.6) is 0 Å².